The third-order valence-corrected chi connectivity index (χ3v) is 3.88. The minimum absolute atomic E-state index is 0.357. The second kappa shape index (κ2) is 7.57. The molecule has 1 N–H and O–H groups in total. The second-order valence-electron chi connectivity index (χ2n) is 5.65. The van der Waals surface area contributed by atoms with E-state index in [9.17, 15) is 0 Å². The number of rotatable bonds is 8. The number of nitrogens with zero attached hydrogens (tertiary/aromatic N) is 2. The summed E-state index contributed by atoms with van der Waals surface area (Å²) in [4.78, 5) is 4.75. The van der Waals surface area contributed by atoms with Crippen LogP contribution in [0.15, 0.2) is 24.3 Å². The molecule has 0 aliphatic heterocycles. The van der Waals surface area contributed by atoms with E-state index < -0.39 is 0 Å². The number of aryl methyl sites for hydroxylation is 1. The van der Waals surface area contributed by atoms with E-state index in [0.29, 0.717) is 12.0 Å². The maximum Gasteiger partial charge on any atom is 0.123 e. The maximum atomic E-state index is 5.57. The number of hydrogen-bond acceptors (Lipinski definition) is 3. The summed E-state index contributed by atoms with van der Waals surface area (Å²) in [6.45, 7) is 11.9. The SMILES string of the molecule is CCOCC(NCc1nc2ccccc2n1CC)C(C)C. The zero-order valence-corrected chi connectivity index (χ0v) is 13.6. The molecule has 2 rings (SSSR count). The Labute approximate surface area is 127 Å². The van der Waals surface area contributed by atoms with Crippen molar-refractivity contribution in [2.45, 2.75) is 46.8 Å². The average molecular weight is 289 g/mol. The summed E-state index contributed by atoms with van der Waals surface area (Å²) in [5.74, 6) is 1.64. The molecule has 0 radical (unpaired) electrons. The molecule has 4 nitrogen and oxygen atoms in total. The molecule has 116 valence electrons. The zero-order valence-electron chi connectivity index (χ0n) is 13.6. The molecule has 2 aromatic rings. The molecule has 0 bridgehead atoms. The molecule has 4 heteroatoms. The molecule has 0 aliphatic carbocycles. The lowest BCUT2D eigenvalue weighted by molar-refractivity contribution is 0.107. The van der Waals surface area contributed by atoms with Gasteiger partial charge in [-0.3, -0.25) is 0 Å². The van der Waals surface area contributed by atoms with Crippen LogP contribution in [0, 0.1) is 5.92 Å². The molecule has 0 aliphatic rings. The number of nitrogens with one attached hydrogen (secondary N) is 1. The van der Waals surface area contributed by atoms with Gasteiger partial charge in [0.05, 0.1) is 24.2 Å². The van der Waals surface area contributed by atoms with Crippen LogP contribution in [-0.2, 0) is 17.8 Å². The molecule has 1 aromatic heterocycles. The third kappa shape index (κ3) is 3.83. The monoisotopic (exact) mass is 289 g/mol. The molecule has 1 unspecified atom stereocenters. The first-order chi connectivity index (χ1) is 10.2. The summed E-state index contributed by atoms with van der Waals surface area (Å²) in [5, 5.41) is 3.60. The highest BCUT2D eigenvalue weighted by Crippen LogP contribution is 2.16. The van der Waals surface area contributed by atoms with Gasteiger partial charge in [-0.15, -0.1) is 0 Å². The van der Waals surface area contributed by atoms with Crippen molar-refractivity contribution in [3.63, 3.8) is 0 Å². The van der Waals surface area contributed by atoms with Gasteiger partial charge < -0.3 is 14.6 Å². The molecule has 1 atom stereocenters. The van der Waals surface area contributed by atoms with Gasteiger partial charge in [-0.2, -0.15) is 0 Å². The van der Waals surface area contributed by atoms with Crippen molar-refractivity contribution < 1.29 is 4.74 Å². The van der Waals surface area contributed by atoms with Crippen LogP contribution in [0.4, 0.5) is 0 Å². The summed E-state index contributed by atoms with van der Waals surface area (Å²) < 4.78 is 7.85. The highest BCUT2D eigenvalue weighted by Gasteiger charge is 2.15. The number of para-hydroxylation sites is 2. The highest BCUT2D eigenvalue weighted by atomic mass is 16.5. The van der Waals surface area contributed by atoms with E-state index in [-0.39, 0.29) is 0 Å². The summed E-state index contributed by atoms with van der Waals surface area (Å²) >= 11 is 0. The normalized spacial score (nSPS) is 13.2. The van der Waals surface area contributed by atoms with Crippen molar-refractivity contribution in [2.24, 2.45) is 5.92 Å². The van der Waals surface area contributed by atoms with Gasteiger partial charge in [0.15, 0.2) is 0 Å². The van der Waals surface area contributed by atoms with Crippen LogP contribution >= 0.6 is 0 Å². The van der Waals surface area contributed by atoms with Gasteiger partial charge in [0.2, 0.25) is 0 Å². The largest absolute Gasteiger partial charge is 0.380 e. The van der Waals surface area contributed by atoms with Crippen LogP contribution < -0.4 is 5.32 Å². The summed E-state index contributed by atoms with van der Waals surface area (Å²) in [6, 6.07) is 8.67. The van der Waals surface area contributed by atoms with Crippen molar-refractivity contribution in [1.29, 1.82) is 0 Å². The Hall–Kier alpha value is -1.39. The topological polar surface area (TPSA) is 39.1 Å². The number of ether oxygens (including phenoxy) is 1. The van der Waals surface area contributed by atoms with Crippen LogP contribution in [0.25, 0.3) is 11.0 Å². The van der Waals surface area contributed by atoms with E-state index in [1.54, 1.807) is 0 Å². The number of fused-ring (bicyclic) bond motifs is 1. The molecule has 1 heterocycles. The van der Waals surface area contributed by atoms with Crippen LogP contribution in [0.2, 0.25) is 0 Å². The Kier molecular flexibility index (Phi) is 5.76. The Morgan fingerprint density at radius 2 is 2.00 bits per heavy atom. The molecular formula is C17H27N3O. The van der Waals surface area contributed by atoms with Crippen LogP contribution in [0.3, 0.4) is 0 Å². The van der Waals surface area contributed by atoms with Crippen LogP contribution in [0.1, 0.15) is 33.5 Å². The molecule has 0 saturated heterocycles. The summed E-state index contributed by atoms with van der Waals surface area (Å²) in [6.07, 6.45) is 0. The number of aromatic nitrogens is 2. The minimum atomic E-state index is 0.357. The van der Waals surface area contributed by atoms with Crippen molar-refractivity contribution in [2.75, 3.05) is 13.2 Å². The predicted octanol–water partition coefficient (Wildman–Crippen LogP) is 3.21. The standard InChI is InChI=1S/C17H27N3O/c1-5-20-16-10-8-7-9-14(16)19-17(20)11-18-15(13(3)4)12-21-6-2/h7-10,13,15,18H,5-6,11-12H2,1-4H3. The fourth-order valence-corrected chi connectivity index (χ4v) is 2.57. The van der Waals surface area contributed by atoms with Gasteiger partial charge in [0, 0.05) is 19.2 Å². The highest BCUT2D eigenvalue weighted by molar-refractivity contribution is 5.75. The quantitative estimate of drug-likeness (QED) is 0.811. The average Bonchev–Trinajstić information content (AvgIpc) is 2.84. The lowest BCUT2D eigenvalue weighted by Gasteiger charge is -2.22. The fourth-order valence-electron chi connectivity index (χ4n) is 2.57. The molecule has 0 spiro atoms. The van der Waals surface area contributed by atoms with E-state index in [4.69, 9.17) is 9.72 Å². The van der Waals surface area contributed by atoms with Crippen molar-refractivity contribution in [3.05, 3.63) is 30.1 Å². The third-order valence-electron chi connectivity index (χ3n) is 3.88. The first-order valence-corrected chi connectivity index (χ1v) is 7.92. The Bertz CT molecular complexity index is 562. The number of imidazole rings is 1. The van der Waals surface area contributed by atoms with Gasteiger partial charge in [-0.05, 0) is 31.9 Å². The van der Waals surface area contributed by atoms with Gasteiger partial charge >= 0.3 is 0 Å². The molecule has 21 heavy (non-hydrogen) atoms. The van der Waals surface area contributed by atoms with Crippen LogP contribution in [-0.4, -0.2) is 28.8 Å². The first kappa shape index (κ1) is 16.0. The Morgan fingerprint density at radius 1 is 1.24 bits per heavy atom. The van der Waals surface area contributed by atoms with E-state index in [1.807, 2.05) is 13.0 Å². The maximum absolute atomic E-state index is 5.57. The Balaban J connectivity index is 2.11. The summed E-state index contributed by atoms with van der Waals surface area (Å²) in [7, 11) is 0. The van der Waals surface area contributed by atoms with Crippen molar-refractivity contribution in [1.82, 2.24) is 14.9 Å². The van der Waals surface area contributed by atoms with Crippen molar-refractivity contribution >= 4 is 11.0 Å². The lowest BCUT2D eigenvalue weighted by atomic mass is 10.1. The van der Waals surface area contributed by atoms with E-state index in [2.05, 4.69) is 48.9 Å². The minimum Gasteiger partial charge on any atom is -0.380 e. The van der Waals surface area contributed by atoms with E-state index in [0.717, 1.165) is 37.6 Å². The zero-order chi connectivity index (χ0) is 15.2. The number of benzene rings is 1. The predicted molar refractivity (Wildman–Crippen MR) is 87.4 cm³/mol. The van der Waals surface area contributed by atoms with E-state index in [1.165, 1.54) is 5.52 Å². The fraction of sp³-hybridized carbons (Fsp3) is 0.588. The van der Waals surface area contributed by atoms with Gasteiger partial charge in [0.25, 0.3) is 0 Å². The lowest BCUT2D eigenvalue weighted by Crippen LogP contribution is -2.38. The molecule has 1 aromatic carbocycles. The summed E-state index contributed by atoms with van der Waals surface area (Å²) in [5.41, 5.74) is 2.28. The van der Waals surface area contributed by atoms with Gasteiger partial charge in [-0.25, -0.2) is 4.98 Å². The number of hydrogen-bond donors (Lipinski definition) is 1. The second-order valence-corrected chi connectivity index (χ2v) is 5.65. The molecule has 0 amide bonds. The molecular weight excluding hydrogens is 262 g/mol. The first-order valence-electron chi connectivity index (χ1n) is 7.92. The molecule has 0 fully saturated rings. The van der Waals surface area contributed by atoms with Crippen LogP contribution in [0.5, 0.6) is 0 Å². The Morgan fingerprint density at radius 3 is 2.67 bits per heavy atom. The van der Waals surface area contributed by atoms with Gasteiger partial charge in [0.1, 0.15) is 5.82 Å². The van der Waals surface area contributed by atoms with Crippen molar-refractivity contribution in [3.8, 4) is 0 Å². The van der Waals surface area contributed by atoms with Gasteiger partial charge in [-0.1, -0.05) is 26.0 Å². The smallest absolute Gasteiger partial charge is 0.123 e. The van der Waals surface area contributed by atoms with E-state index >= 15 is 0 Å². The molecule has 0 saturated carbocycles.